The average Bonchev–Trinajstić information content (AvgIpc) is 2.81. The summed E-state index contributed by atoms with van der Waals surface area (Å²) >= 11 is 0. The van der Waals surface area contributed by atoms with Crippen LogP contribution in [0.4, 0.5) is 5.95 Å². The zero-order valence-corrected chi connectivity index (χ0v) is 12.5. The van der Waals surface area contributed by atoms with Crippen LogP contribution in [0.5, 0.6) is 0 Å². The van der Waals surface area contributed by atoms with Crippen molar-refractivity contribution < 1.29 is 4.74 Å². The number of piperidine rings is 1. The molecule has 0 amide bonds. The molecule has 0 spiro atoms. The Kier molecular flexibility index (Phi) is 4.82. The molecule has 1 N–H and O–H groups in total. The molecule has 2 heterocycles. The van der Waals surface area contributed by atoms with Gasteiger partial charge in [0.05, 0.1) is 6.61 Å². The van der Waals surface area contributed by atoms with Crippen molar-refractivity contribution in [2.24, 2.45) is 0 Å². The quantitative estimate of drug-likeness (QED) is 0.885. The highest BCUT2D eigenvalue weighted by molar-refractivity contribution is 5.28. The van der Waals surface area contributed by atoms with Crippen LogP contribution < -0.4 is 5.32 Å². The molecule has 1 aliphatic heterocycles. The Labute approximate surface area is 116 Å². The number of imidazole rings is 1. The molecule has 0 saturated carbocycles. The molecule has 2 rings (SSSR count). The largest absolute Gasteiger partial charge is 0.383 e. The topological polar surface area (TPSA) is 42.3 Å². The van der Waals surface area contributed by atoms with Crippen molar-refractivity contribution in [2.75, 3.05) is 32.6 Å². The van der Waals surface area contributed by atoms with Crippen LogP contribution in [0.3, 0.4) is 0 Å². The third-order valence-corrected chi connectivity index (χ3v) is 4.03. The van der Waals surface area contributed by atoms with Crippen LogP contribution >= 0.6 is 0 Å². The summed E-state index contributed by atoms with van der Waals surface area (Å²) in [6.45, 7) is 6.25. The molecule has 19 heavy (non-hydrogen) atoms. The number of aromatic nitrogens is 2. The van der Waals surface area contributed by atoms with E-state index >= 15 is 0 Å². The van der Waals surface area contributed by atoms with Crippen molar-refractivity contribution in [1.82, 2.24) is 14.5 Å². The Morgan fingerprint density at radius 2 is 2.37 bits per heavy atom. The van der Waals surface area contributed by atoms with Crippen LogP contribution in [-0.2, 0) is 4.74 Å². The Hall–Kier alpha value is -1.07. The van der Waals surface area contributed by atoms with Crippen molar-refractivity contribution >= 4 is 5.95 Å². The van der Waals surface area contributed by atoms with Crippen LogP contribution in [0, 0.1) is 0 Å². The smallest absolute Gasteiger partial charge is 0.203 e. The molecule has 3 unspecified atom stereocenters. The number of hydrogen-bond donors (Lipinski definition) is 1. The third kappa shape index (κ3) is 3.48. The maximum absolute atomic E-state index is 5.16. The molecular formula is C14H26N4O. The van der Waals surface area contributed by atoms with E-state index in [0.717, 1.165) is 12.5 Å². The summed E-state index contributed by atoms with van der Waals surface area (Å²) in [6.07, 6.45) is 6.33. The lowest BCUT2D eigenvalue weighted by Crippen LogP contribution is -2.38. The van der Waals surface area contributed by atoms with Gasteiger partial charge in [0, 0.05) is 44.2 Å². The maximum atomic E-state index is 5.16. The molecule has 5 nitrogen and oxygen atoms in total. The molecule has 1 fully saturated rings. The Morgan fingerprint density at radius 1 is 1.58 bits per heavy atom. The summed E-state index contributed by atoms with van der Waals surface area (Å²) in [5, 5.41) is 3.43. The summed E-state index contributed by atoms with van der Waals surface area (Å²) in [5.74, 6) is 0.964. The Balaban J connectivity index is 2.03. The molecule has 1 aromatic rings. The monoisotopic (exact) mass is 266 g/mol. The number of methoxy groups -OCH3 is 1. The first-order valence-electron chi connectivity index (χ1n) is 7.10. The predicted molar refractivity (Wildman–Crippen MR) is 77.6 cm³/mol. The van der Waals surface area contributed by atoms with Gasteiger partial charge in [-0.15, -0.1) is 0 Å². The zero-order chi connectivity index (χ0) is 13.8. The van der Waals surface area contributed by atoms with Gasteiger partial charge in [0.1, 0.15) is 0 Å². The molecule has 5 heteroatoms. The fourth-order valence-electron chi connectivity index (χ4n) is 2.75. The molecule has 1 saturated heterocycles. The summed E-state index contributed by atoms with van der Waals surface area (Å²) in [5.41, 5.74) is 0. The third-order valence-electron chi connectivity index (χ3n) is 4.03. The number of anilines is 1. The molecule has 0 aliphatic carbocycles. The zero-order valence-electron chi connectivity index (χ0n) is 12.5. The van der Waals surface area contributed by atoms with E-state index in [4.69, 9.17) is 4.74 Å². The number of nitrogens with zero attached hydrogens (tertiary/aromatic N) is 3. The van der Waals surface area contributed by atoms with Gasteiger partial charge in [0.15, 0.2) is 0 Å². The molecule has 0 bridgehead atoms. The van der Waals surface area contributed by atoms with E-state index in [1.54, 1.807) is 7.11 Å². The van der Waals surface area contributed by atoms with E-state index in [0.29, 0.717) is 18.7 Å². The first-order chi connectivity index (χ1) is 9.11. The minimum Gasteiger partial charge on any atom is -0.383 e. The number of ether oxygens (including phenoxy) is 1. The van der Waals surface area contributed by atoms with Gasteiger partial charge in [0.2, 0.25) is 5.95 Å². The minimum absolute atomic E-state index is 0.273. The number of hydrogen-bond acceptors (Lipinski definition) is 4. The number of nitrogens with one attached hydrogen (secondary N) is 1. The lowest BCUT2D eigenvalue weighted by atomic mass is 9.99. The fraction of sp³-hybridized carbons (Fsp3) is 0.786. The van der Waals surface area contributed by atoms with Gasteiger partial charge in [-0.1, -0.05) is 0 Å². The summed E-state index contributed by atoms with van der Waals surface area (Å²) in [4.78, 5) is 6.87. The molecule has 0 aromatic carbocycles. The minimum atomic E-state index is 0.273. The lowest BCUT2D eigenvalue weighted by molar-refractivity contribution is 0.157. The highest BCUT2D eigenvalue weighted by Gasteiger charge is 2.25. The van der Waals surface area contributed by atoms with Crippen LogP contribution in [0.15, 0.2) is 12.4 Å². The van der Waals surface area contributed by atoms with E-state index in [-0.39, 0.29) is 6.04 Å². The van der Waals surface area contributed by atoms with Crippen LogP contribution in [0.25, 0.3) is 0 Å². The van der Waals surface area contributed by atoms with Crippen molar-refractivity contribution in [1.29, 1.82) is 0 Å². The van der Waals surface area contributed by atoms with Gasteiger partial charge in [-0.25, -0.2) is 4.98 Å². The van der Waals surface area contributed by atoms with Crippen molar-refractivity contribution in [3.8, 4) is 0 Å². The second-order valence-electron chi connectivity index (χ2n) is 5.67. The molecular weight excluding hydrogens is 240 g/mol. The SMILES string of the molecule is COCC(C)Nc1nccn1C1CCN(C)C(C)C1. The van der Waals surface area contributed by atoms with E-state index in [2.05, 4.69) is 46.9 Å². The van der Waals surface area contributed by atoms with Crippen LogP contribution in [0.2, 0.25) is 0 Å². The standard InChI is InChI=1S/C14H26N4O/c1-11(10-19-4)16-14-15-6-8-18(14)13-5-7-17(3)12(2)9-13/h6,8,11-13H,5,7,9-10H2,1-4H3,(H,15,16). The maximum Gasteiger partial charge on any atom is 0.203 e. The Morgan fingerprint density at radius 3 is 3.05 bits per heavy atom. The van der Waals surface area contributed by atoms with Gasteiger partial charge >= 0.3 is 0 Å². The van der Waals surface area contributed by atoms with E-state index in [1.165, 1.54) is 12.8 Å². The first kappa shape index (κ1) is 14.3. The number of likely N-dealkylation sites (tertiary alicyclic amines) is 1. The summed E-state index contributed by atoms with van der Waals surface area (Å²) in [7, 11) is 3.93. The second-order valence-corrected chi connectivity index (χ2v) is 5.67. The van der Waals surface area contributed by atoms with Crippen LogP contribution in [0.1, 0.15) is 32.7 Å². The van der Waals surface area contributed by atoms with Gasteiger partial charge < -0.3 is 19.5 Å². The fourth-order valence-corrected chi connectivity index (χ4v) is 2.75. The molecule has 3 atom stereocenters. The normalized spacial score (nSPS) is 26.3. The molecule has 108 valence electrons. The van der Waals surface area contributed by atoms with E-state index < -0.39 is 0 Å². The van der Waals surface area contributed by atoms with Gasteiger partial charge in [0.25, 0.3) is 0 Å². The van der Waals surface area contributed by atoms with Crippen molar-refractivity contribution in [3.63, 3.8) is 0 Å². The predicted octanol–water partition coefficient (Wildman–Crippen LogP) is 1.99. The Bertz CT molecular complexity index is 393. The number of rotatable bonds is 5. The summed E-state index contributed by atoms with van der Waals surface area (Å²) < 4.78 is 7.45. The lowest BCUT2D eigenvalue weighted by Gasteiger charge is -2.36. The van der Waals surface area contributed by atoms with Gasteiger partial charge in [-0.2, -0.15) is 0 Å². The second kappa shape index (κ2) is 6.39. The van der Waals surface area contributed by atoms with Gasteiger partial charge in [-0.3, -0.25) is 0 Å². The molecule has 1 aromatic heterocycles. The average molecular weight is 266 g/mol. The highest BCUT2D eigenvalue weighted by atomic mass is 16.5. The first-order valence-corrected chi connectivity index (χ1v) is 7.10. The van der Waals surface area contributed by atoms with E-state index in [1.807, 2.05) is 6.20 Å². The molecule has 0 radical (unpaired) electrons. The van der Waals surface area contributed by atoms with Crippen molar-refractivity contribution in [2.45, 2.75) is 44.8 Å². The van der Waals surface area contributed by atoms with Crippen molar-refractivity contribution in [3.05, 3.63) is 12.4 Å². The van der Waals surface area contributed by atoms with Gasteiger partial charge in [-0.05, 0) is 33.7 Å². The molecule has 1 aliphatic rings. The van der Waals surface area contributed by atoms with Crippen LogP contribution in [-0.4, -0.2) is 53.8 Å². The summed E-state index contributed by atoms with van der Waals surface area (Å²) in [6, 6.07) is 1.45. The van der Waals surface area contributed by atoms with E-state index in [9.17, 15) is 0 Å². The highest BCUT2D eigenvalue weighted by Crippen LogP contribution is 2.28.